The van der Waals surface area contributed by atoms with Crippen molar-refractivity contribution in [3.63, 3.8) is 0 Å². The summed E-state index contributed by atoms with van der Waals surface area (Å²) in [6.07, 6.45) is 5.68. The van der Waals surface area contributed by atoms with Crippen LogP contribution in [0.25, 0.3) is 183 Å². The SMILES string of the molecule is Cc1cccc(-c2ccccc2-c2c(-n3c4ccccc4c4ncccc43)c(-c3ccc(-n4c5ccccc5c5cc(-c6ccc(-n7c8ccccc8c8ccccc87)cc6)ccc54)cc3)nc(-n3c4ccccc4c4ncccc43)c2-n2c3ccccc3c3ncccc32)n1. The van der Waals surface area contributed by atoms with Gasteiger partial charge in [0.15, 0.2) is 5.82 Å². The van der Waals surface area contributed by atoms with Crippen LogP contribution in [0.4, 0.5) is 0 Å². The quantitative estimate of drug-likeness (QED) is 0.144. The predicted octanol–water partition coefficient (Wildman–Crippen LogP) is 21.1. The molecule has 0 bridgehead atoms. The van der Waals surface area contributed by atoms with Gasteiger partial charge in [-0.3, -0.25) is 24.5 Å². The summed E-state index contributed by atoms with van der Waals surface area (Å²) in [7, 11) is 0. The zero-order valence-corrected chi connectivity index (χ0v) is 51.9. The number of rotatable bonds is 9. The van der Waals surface area contributed by atoms with Crippen LogP contribution in [-0.2, 0) is 0 Å². The van der Waals surface area contributed by atoms with Crippen molar-refractivity contribution in [3.8, 4) is 73.3 Å². The van der Waals surface area contributed by atoms with Gasteiger partial charge in [-0.2, -0.15) is 0 Å². The average Bonchev–Trinajstić information content (AvgIpc) is 1.45. The van der Waals surface area contributed by atoms with Crippen molar-refractivity contribution < 1.29 is 0 Å². The molecule has 96 heavy (non-hydrogen) atoms. The molecule has 10 heteroatoms. The highest BCUT2D eigenvalue weighted by molar-refractivity contribution is 6.15. The number of fused-ring (bicyclic) bond motifs is 15. The second-order valence-electron chi connectivity index (χ2n) is 24.8. The molecule has 0 aliphatic rings. The molecule has 0 radical (unpaired) electrons. The maximum absolute atomic E-state index is 6.33. The molecule has 0 saturated carbocycles. The summed E-state index contributed by atoms with van der Waals surface area (Å²) in [5.41, 5.74) is 25.5. The van der Waals surface area contributed by atoms with Crippen LogP contribution in [0.1, 0.15) is 5.69 Å². The second-order valence-corrected chi connectivity index (χ2v) is 24.8. The molecule has 0 spiro atoms. The molecule has 0 saturated heterocycles. The fourth-order valence-electron chi connectivity index (χ4n) is 15.5. The standard InChI is InChI=1S/C86H54N10/c1-53-20-16-29-68(90-53)59-21-2-3-25-63(59)79-84(94-72-33-13-7-26-64(72)81-76(94)36-17-49-87-81)80(91-86(96-74-35-15-9-28-66(74)83-78(96)38-19-51-89-83)85(79)95-73-34-14-8-27-65(73)82-77(95)37-18-50-88-82)55-41-46-58(47-42-55)93-71-32-12-6-24-62(71)67-52-56(43-48-75(67)93)54-39-44-57(45-40-54)92-69-30-10-4-22-60(69)61-23-5-11-31-70(61)92/h2-52H,1H3. The lowest BCUT2D eigenvalue weighted by Crippen LogP contribution is -2.14. The molecule has 0 aliphatic heterocycles. The van der Waals surface area contributed by atoms with Gasteiger partial charge in [0, 0.05) is 90.1 Å². The minimum absolute atomic E-state index is 0.712. The van der Waals surface area contributed by atoms with E-state index in [-0.39, 0.29) is 0 Å². The largest absolute Gasteiger partial charge is 0.309 e. The minimum Gasteiger partial charge on any atom is -0.309 e. The van der Waals surface area contributed by atoms with Crippen molar-refractivity contribution in [1.82, 2.24) is 47.8 Å². The summed E-state index contributed by atoms with van der Waals surface area (Å²) >= 11 is 0. The van der Waals surface area contributed by atoms with Gasteiger partial charge in [0.25, 0.3) is 0 Å². The Bertz CT molecular complexity index is 6380. The van der Waals surface area contributed by atoms with Crippen LogP contribution in [0.3, 0.4) is 0 Å². The first-order chi connectivity index (χ1) is 47.6. The summed E-state index contributed by atoms with van der Waals surface area (Å²) < 4.78 is 11.9. The number of aromatic nitrogens is 10. The highest BCUT2D eigenvalue weighted by Gasteiger charge is 2.33. The summed E-state index contributed by atoms with van der Waals surface area (Å²) in [6, 6.07) is 105. The van der Waals surface area contributed by atoms with Crippen molar-refractivity contribution in [2.24, 2.45) is 0 Å². The Morgan fingerprint density at radius 1 is 0.260 bits per heavy atom. The molecule has 10 nitrogen and oxygen atoms in total. The Morgan fingerprint density at radius 3 is 1.18 bits per heavy atom. The molecule has 10 aromatic carbocycles. The lowest BCUT2D eigenvalue weighted by atomic mass is 9.92. The fraction of sp³-hybridized carbons (Fsp3) is 0.0116. The molecular weight excluding hydrogens is 1170 g/mol. The number of aryl methyl sites for hydroxylation is 1. The average molecular weight is 1230 g/mol. The monoisotopic (exact) mass is 1230 g/mol. The molecule has 10 heterocycles. The molecule has 0 fully saturated rings. The third-order valence-electron chi connectivity index (χ3n) is 19.5. The number of para-hydroxylation sites is 6. The maximum atomic E-state index is 6.33. The Labute approximate surface area is 549 Å². The Hall–Kier alpha value is -13.1. The highest BCUT2D eigenvalue weighted by atomic mass is 15.2. The van der Waals surface area contributed by atoms with Crippen molar-refractivity contribution in [3.05, 3.63) is 315 Å². The Morgan fingerprint density at radius 2 is 0.656 bits per heavy atom. The zero-order valence-electron chi connectivity index (χ0n) is 51.9. The fourth-order valence-corrected chi connectivity index (χ4v) is 15.5. The maximum Gasteiger partial charge on any atom is 0.163 e. The van der Waals surface area contributed by atoms with E-state index in [1.54, 1.807) is 0 Å². The third kappa shape index (κ3) is 7.90. The molecule has 0 amide bonds. The molecule has 0 aliphatic carbocycles. The van der Waals surface area contributed by atoms with Gasteiger partial charge in [-0.25, -0.2) is 4.98 Å². The first kappa shape index (κ1) is 53.6. The van der Waals surface area contributed by atoms with Crippen molar-refractivity contribution in [2.45, 2.75) is 6.92 Å². The molecule has 20 rings (SSSR count). The number of nitrogens with zero attached hydrogens (tertiary/aromatic N) is 10. The van der Waals surface area contributed by atoms with E-state index in [0.29, 0.717) is 5.82 Å². The lowest BCUT2D eigenvalue weighted by molar-refractivity contribution is 1.01. The van der Waals surface area contributed by atoms with Crippen molar-refractivity contribution in [2.75, 3.05) is 0 Å². The van der Waals surface area contributed by atoms with Crippen molar-refractivity contribution >= 4 is 109 Å². The summed E-state index contributed by atoms with van der Waals surface area (Å²) in [5, 5.41) is 7.93. The topological polar surface area (TPSA) is 89.1 Å². The van der Waals surface area contributed by atoms with Gasteiger partial charge in [-0.1, -0.05) is 170 Å². The molecule has 0 unspecified atom stereocenters. The van der Waals surface area contributed by atoms with Crippen LogP contribution >= 0.6 is 0 Å². The van der Waals surface area contributed by atoms with Crippen molar-refractivity contribution in [1.29, 1.82) is 0 Å². The zero-order chi connectivity index (χ0) is 63.1. The first-order valence-electron chi connectivity index (χ1n) is 32.5. The molecular formula is C86H54N10. The van der Waals surface area contributed by atoms with E-state index >= 15 is 0 Å². The number of pyridine rings is 5. The second kappa shape index (κ2) is 21.0. The normalized spacial score (nSPS) is 12.0. The van der Waals surface area contributed by atoms with Gasteiger partial charge in [0.1, 0.15) is 0 Å². The van der Waals surface area contributed by atoms with Crippen LogP contribution in [0, 0.1) is 6.92 Å². The van der Waals surface area contributed by atoms with Crippen LogP contribution in [0.15, 0.2) is 310 Å². The summed E-state index contributed by atoms with van der Waals surface area (Å²) in [4.78, 5) is 27.1. The number of hydrogen-bond donors (Lipinski definition) is 0. The van der Waals surface area contributed by atoms with E-state index in [0.717, 1.165) is 150 Å². The van der Waals surface area contributed by atoms with Gasteiger partial charge in [0.05, 0.1) is 94.5 Å². The third-order valence-corrected chi connectivity index (χ3v) is 19.5. The van der Waals surface area contributed by atoms with Gasteiger partial charge in [-0.15, -0.1) is 0 Å². The van der Waals surface area contributed by atoms with Gasteiger partial charge >= 0.3 is 0 Å². The van der Waals surface area contributed by atoms with Crippen LogP contribution in [0.2, 0.25) is 0 Å². The Balaban J connectivity index is 0.867. The smallest absolute Gasteiger partial charge is 0.163 e. The summed E-state index contributed by atoms with van der Waals surface area (Å²) in [6.45, 7) is 2.06. The predicted molar refractivity (Wildman–Crippen MR) is 394 cm³/mol. The van der Waals surface area contributed by atoms with Crippen LogP contribution in [0.5, 0.6) is 0 Å². The number of benzene rings is 10. The highest BCUT2D eigenvalue weighted by Crippen LogP contribution is 2.51. The van der Waals surface area contributed by atoms with E-state index in [2.05, 4.69) is 303 Å². The minimum atomic E-state index is 0.712. The van der Waals surface area contributed by atoms with Gasteiger partial charge in [0.2, 0.25) is 0 Å². The molecule has 0 atom stereocenters. The lowest BCUT2D eigenvalue weighted by Gasteiger charge is -2.27. The van der Waals surface area contributed by atoms with Crippen LogP contribution < -0.4 is 0 Å². The van der Waals surface area contributed by atoms with E-state index in [1.165, 1.54) is 32.6 Å². The van der Waals surface area contributed by atoms with E-state index in [4.69, 9.17) is 24.9 Å². The van der Waals surface area contributed by atoms with E-state index in [1.807, 2.05) is 36.8 Å². The summed E-state index contributed by atoms with van der Waals surface area (Å²) in [5.74, 6) is 0.712. The molecule has 10 aromatic heterocycles. The van der Waals surface area contributed by atoms with E-state index in [9.17, 15) is 0 Å². The molecule has 0 N–H and O–H groups in total. The van der Waals surface area contributed by atoms with Gasteiger partial charge in [-0.05, 0) is 145 Å². The van der Waals surface area contributed by atoms with Crippen LogP contribution in [-0.4, -0.2) is 47.8 Å². The Kier molecular flexibility index (Phi) is 11.7. The molecule has 448 valence electrons. The van der Waals surface area contributed by atoms with Gasteiger partial charge < -0.3 is 18.3 Å². The molecule has 20 aromatic rings. The first-order valence-corrected chi connectivity index (χ1v) is 32.5. The van der Waals surface area contributed by atoms with E-state index < -0.39 is 0 Å². The number of hydrogen-bond acceptors (Lipinski definition) is 5.